The van der Waals surface area contributed by atoms with Crippen molar-refractivity contribution in [1.82, 2.24) is 0 Å². The summed E-state index contributed by atoms with van der Waals surface area (Å²) in [5.74, 6) is 0. The topological polar surface area (TPSA) is 27.7 Å². The second-order valence-corrected chi connectivity index (χ2v) is 0.401. The third kappa shape index (κ3) is 8.86. The van der Waals surface area contributed by atoms with Gasteiger partial charge in [0.15, 0.2) is 0 Å². The molecule has 0 bridgehead atoms. The van der Waals surface area contributed by atoms with Crippen molar-refractivity contribution in [3.05, 3.63) is 0 Å². The Bertz CT molecular complexity index is 16.3. The van der Waals surface area contributed by atoms with Gasteiger partial charge in [-0.2, -0.15) is 0 Å². The predicted octanol–water partition coefficient (Wildman–Crippen LogP) is -0.255. The van der Waals surface area contributed by atoms with Gasteiger partial charge in [-0.1, -0.05) is 5.04 Å². The molecule has 4 heteroatoms. The third-order valence-electron chi connectivity index (χ3n) is 0.136. The van der Waals surface area contributed by atoms with Crippen LogP contribution in [0.1, 0.15) is 0 Å². The molecule has 33 valence electrons. The van der Waals surface area contributed by atoms with Crippen LogP contribution in [0.15, 0.2) is 0 Å². The van der Waals surface area contributed by atoms with E-state index in [1.807, 2.05) is 0 Å². The molecule has 0 rings (SSSR count). The van der Waals surface area contributed by atoms with Gasteiger partial charge in [0.2, 0.25) is 0 Å². The van der Waals surface area contributed by atoms with Gasteiger partial charge in [-0.3, -0.25) is 0 Å². The van der Waals surface area contributed by atoms with E-state index in [1.54, 1.807) is 0 Å². The van der Waals surface area contributed by atoms with E-state index in [9.17, 15) is 0 Å². The molecule has 1 radical (unpaired) electrons. The summed E-state index contributed by atoms with van der Waals surface area (Å²) >= 11 is 0. The van der Waals surface area contributed by atoms with Crippen molar-refractivity contribution < 1.29 is 14.8 Å². The van der Waals surface area contributed by atoms with E-state index in [-0.39, 0.29) is 29.6 Å². The summed E-state index contributed by atoms with van der Waals surface area (Å²) in [7, 11) is 2.73. The summed E-state index contributed by atoms with van der Waals surface area (Å²) in [5, 5.41) is 3.83. The van der Waals surface area contributed by atoms with E-state index < -0.39 is 0 Å². The van der Waals surface area contributed by atoms with Gasteiger partial charge < -0.3 is 0 Å². The van der Waals surface area contributed by atoms with E-state index >= 15 is 0 Å². The van der Waals surface area contributed by atoms with Gasteiger partial charge in [-0.05, 0) is 0 Å². The van der Waals surface area contributed by atoms with Crippen LogP contribution in [0.25, 0.3) is 0 Å². The molecule has 0 saturated heterocycles. The molecule has 0 saturated carbocycles. The summed E-state index contributed by atoms with van der Waals surface area (Å²) in [4.78, 5) is 7.94. The van der Waals surface area contributed by atoms with Crippen molar-refractivity contribution in [3.63, 3.8) is 0 Å². The molecule has 0 aromatic heterocycles. The minimum Gasteiger partial charge on any atom is -0.210 e. The number of rotatable bonds is 2. The molecule has 0 amide bonds. The first-order valence-corrected chi connectivity index (χ1v) is 1.15. The zero-order chi connectivity index (χ0) is 4.12. The first-order chi connectivity index (χ1) is 2.41. The van der Waals surface area contributed by atoms with E-state index in [2.05, 4.69) is 14.8 Å². The first kappa shape index (κ1) is 9.99. The van der Waals surface area contributed by atoms with Crippen molar-refractivity contribution in [2.75, 3.05) is 14.2 Å². The van der Waals surface area contributed by atoms with Gasteiger partial charge >= 0.3 is 0 Å². The molecule has 0 unspecified atom stereocenters. The molecule has 0 aromatic rings. The molecule has 0 fully saturated rings. The quantitative estimate of drug-likeness (QED) is 0.272. The molecule has 0 N–H and O–H groups in total. The van der Waals surface area contributed by atoms with Crippen LogP contribution in [0.5, 0.6) is 0 Å². The Labute approximate surface area is 58.7 Å². The maximum atomic E-state index is 3.97. The molecule has 0 aliphatic heterocycles. The largest absolute Gasteiger partial charge is 0.210 e. The maximum absolute atomic E-state index is 3.97. The standard InChI is InChI=1S/C2H6O3.Na/c1-3-5-4-2;/h1-2H3;. The van der Waals surface area contributed by atoms with Crippen LogP contribution in [0.3, 0.4) is 0 Å². The summed E-state index contributed by atoms with van der Waals surface area (Å²) in [6.07, 6.45) is 0. The third-order valence-corrected chi connectivity index (χ3v) is 0.136. The number of hydrogen-bond donors (Lipinski definition) is 0. The van der Waals surface area contributed by atoms with Crippen LogP contribution < -0.4 is 0 Å². The van der Waals surface area contributed by atoms with Crippen LogP contribution >= 0.6 is 0 Å². The van der Waals surface area contributed by atoms with Gasteiger partial charge in [0.1, 0.15) is 0 Å². The molecule has 3 nitrogen and oxygen atoms in total. The fraction of sp³-hybridized carbons (Fsp3) is 1.00. The van der Waals surface area contributed by atoms with Crippen LogP contribution in [-0.4, -0.2) is 43.8 Å². The Morgan fingerprint density at radius 2 is 1.33 bits per heavy atom. The van der Waals surface area contributed by atoms with E-state index in [0.717, 1.165) is 0 Å². The summed E-state index contributed by atoms with van der Waals surface area (Å²) in [5.41, 5.74) is 0. The average Bonchev–Trinajstić information content (AvgIpc) is 1.41. The second-order valence-electron chi connectivity index (χ2n) is 0.401. The number of hydrogen-bond acceptors (Lipinski definition) is 3. The Balaban J connectivity index is 0. The van der Waals surface area contributed by atoms with Gasteiger partial charge in [0.25, 0.3) is 0 Å². The minimum atomic E-state index is 0. The molecule has 0 aliphatic rings. The Kier molecular flexibility index (Phi) is 15.5. The van der Waals surface area contributed by atoms with Gasteiger partial charge in [-0.15, -0.1) is 0 Å². The molecule has 0 heterocycles. The van der Waals surface area contributed by atoms with Crippen LogP contribution in [-0.2, 0) is 14.8 Å². The van der Waals surface area contributed by atoms with Gasteiger partial charge in [-0.25, -0.2) is 9.78 Å². The monoisotopic (exact) mass is 101 g/mol. The van der Waals surface area contributed by atoms with Crippen molar-refractivity contribution in [1.29, 1.82) is 0 Å². The molecule has 6 heavy (non-hydrogen) atoms. The van der Waals surface area contributed by atoms with E-state index in [4.69, 9.17) is 0 Å². The molecule has 0 spiro atoms. The Morgan fingerprint density at radius 3 is 1.33 bits per heavy atom. The van der Waals surface area contributed by atoms with Crippen LogP contribution in [0, 0.1) is 0 Å². The van der Waals surface area contributed by atoms with Crippen LogP contribution in [0.4, 0.5) is 0 Å². The SMILES string of the molecule is COOOC.[Na]. The van der Waals surface area contributed by atoms with Crippen molar-refractivity contribution >= 4 is 29.6 Å². The van der Waals surface area contributed by atoms with Crippen molar-refractivity contribution in [2.45, 2.75) is 0 Å². The molecule has 0 aliphatic carbocycles. The van der Waals surface area contributed by atoms with Crippen molar-refractivity contribution in [2.24, 2.45) is 0 Å². The molecule has 0 aromatic carbocycles. The van der Waals surface area contributed by atoms with E-state index in [1.165, 1.54) is 14.2 Å². The zero-order valence-corrected chi connectivity index (χ0v) is 6.22. The fourth-order valence-electron chi connectivity index (χ4n) is 0.0680. The predicted molar refractivity (Wildman–Crippen MR) is 20.9 cm³/mol. The van der Waals surface area contributed by atoms with Crippen LogP contribution in [0.2, 0.25) is 0 Å². The van der Waals surface area contributed by atoms with Gasteiger partial charge in [0, 0.05) is 29.6 Å². The second kappa shape index (κ2) is 9.30. The molecular weight excluding hydrogens is 95.0 g/mol. The average molecular weight is 101 g/mol. The zero-order valence-electron chi connectivity index (χ0n) is 4.22. The Morgan fingerprint density at radius 1 is 1.00 bits per heavy atom. The molecular formula is C2H6NaO3. The smallest absolute Gasteiger partial charge is 0.0744 e. The van der Waals surface area contributed by atoms with Gasteiger partial charge in [0.05, 0.1) is 14.2 Å². The summed E-state index contributed by atoms with van der Waals surface area (Å²) in [6, 6.07) is 0. The minimum absolute atomic E-state index is 0. The van der Waals surface area contributed by atoms with E-state index in [0.29, 0.717) is 0 Å². The molecule has 0 atom stereocenters. The summed E-state index contributed by atoms with van der Waals surface area (Å²) in [6.45, 7) is 0. The fourth-order valence-corrected chi connectivity index (χ4v) is 0.0680. The first-order valence-electron chi connectivity index (χ1n) is 1.15. The summed E-state index contributed by atoms with van der Waals surface area (Å²) < 4.78 is 0. The van der Waals surface area contributed by atoms with Crippen molar-refractivity contribution in [3.8, 4) is 0 Å². The maximum Gasteiger partial charge on any atom is 0.0744 e. The normalized spacial score (nSPS) is 7.00. The Hall–Kier alpha value is 0.880.